The first-order chi connectivity index (χ1) is 8.53. The highest BCUT2D eigenvalue weighted by Crippen LogP contribution is 2.22. The summed E-state index contributed by atoms with van der Waals surface area (Å²) in [6.07, 6.45) is 4.09. The van der Waals surface area contributed by atoms with Crippen molar-refractivity contribution in [3.8, 4) is 0 Å². The van der Waals surface area contributed by atoms with E-state index in [1.165, 1.54) is 0 Å². The average molecular weight is 268 g/mol. The lowest BCUT2D eigenvalue weighted by Crippen LogP contribution is -2.33. The molecule has 0 unspecified atom stereocenters. The summed E-state index contributed by atoms with van der Waals surface area (Å²) < 4.78 is 27.4. The predicted molar refractivity (Wildman–Crippen MR) is 71.6 cm³/mol. The van der Waals surface area contributed by atoms with Crippen molar-refractivity contribution in [2.75, 3.05) is 0 Å². The Balaban J connectivity index is 2.27. The number of rotatable bonds is 4. The van der Waals surface area contributed by atoms with Crippen LogP contribution < -0.4 is 10.5 Å². The number of nitrogens with one attached hydrogen (secondary N) is 1. The maximum atomic E-state index is 12.3. The molecule has 0 spiro atoms. The van der Waals surface area contributed by atoms with Crippen LogP contribution in [0.2, 0.25) is 0 Å². The predicted octanol–water partition coefficient (Wildman–Crippen LogP) is 1.67. The molecule has 1 aliphatic carbocycles. The number of nitrogens with two attached hydrogens (primary N) is 1. The van der Waals surface area contributed by atoms with Crippen LogP contribution in [0.5, 0.6) is 0 Å². The molecule has 5 heteroatoms. The van der Waals surface area contributed by atoms with Crippen molar-refractivity contribution >= 4 is 10.0 Å². The van der Waals surface area contributed by atoms with E-state index in [0.717, 1.165) is 36.8 Å². The van der Waals surface area contributed by atoms with Gasteiger partial charge in [-0.05, 0) is 37.0 Å². The Bertz CT molecular complexity index is 520. The van der Waals surface area contributed by atoms with E-state index in [0.29, 0.717) is 11.4 Å². The summed E-state index contributed by atoms with van der Waals surface area (Å²) in [7, 11) is -3.41. The summed E-state index contributed by atoms with van der Waals surface area (Å²) in [5.74, 6) is 0. The molecule has 1 aromatic carbocycles. The second-order valence-corrected chi connectivity index (χ2v) is 6.59. The quantitative estimate of drug-likeness (QED) is 0.872. The number of hydrogen-bond donors (Lipinski definition) is 2. The van der Waals surface area contributed by atoms with Gasteiger partial charge in [-0.25, -0.2) is 13.1 Å². The van der Waals surface area contributed by atoms with Crippen molar-refractivity contribution in [2.45, 2.75) is 50.1 Å². The van der Waals surface area contributed by atoms with Crippen LogP contribution in [0.25, 0.3) is 0 Å². The SMILES string of the molecule is Cc1ccc(CN)cc1S(=O)(=O)NC1CCCC1. The van der Waals surface area contributed by atoms with Crippen LogP contribution in [-0.2, 0) is 16.6 Å². The van der Waals surface area contributed by atoms with Crippen molar-refractivity contribution < 1.29 is 8.42 Å². The van der Waals surface area contributed by atoms with Crippen LogP contribution >= 0.6 is 0 Å². The molecule has 1 aliphatic rings. The van der Waals surface area contributed by atoms with E-state index >= 15 is 0 Å². The Morgan fingerprint density at radius 2 is 2.00 bits per heavy atom. The molecule has 4 nitrogen and oxygen atoms in total. The molecule has 0 aliphatic heterocycles. The maximum absolute atomic E-state index is 12.3. The molecule has 1 fully saturated rings. The number of hydrogen-bond acceptors (Lipinski definition) is 3. The molecule has 0 heterocycles. The van der Waals surface area contributed by atoms with Gasteiger partial charge in [-0.3, -0.25) is 0 Å². The summed E-state index contributed by atoms with van der Waals surface area (Å²) in [5.41, 5.74) is 7.16. The molecule has 0 atom stereocenters. The van der Waals surface area contributed by atoms with Crippen molar-refractivity contribution in [3.63, 3.8) is 0 Å². The van der Waals surface area contributed by atoms with Crippen LogP contribution in [0.4, 0.5) is 0 Å². The minimum atomic E-state index is -3.41. The molecule has 0 aromatic heterocycles. The lowest BCUT2D eigenvalue weighted by atomic mass is 10.1. The van der Waals surface area contributed by atoms with Crippen LogP contribution in [0.1, 0.15) is 36.8 Å². The van der Waals surface area contributed by atoms with E-state index in [9.17, 15) is 8.42 Å². The second-order valence-electron chi connectivity index (χ2n) is 4.91. The van der Waals surface area contributed by atoms with Gasteiger partial charge >= 0.3 is 0 Å². The fourth-order valence-corrected chi connectivity index (χ4v) is 3.99. The third-order valence-electron chi connectivity index (χ3n) is 3.45. The standard InChI is InChI=1S/C13H20N2O2S/c1-10-6-7-11(9-14)8-13(10)18(16,17)15-12-4-2-3-5-12/h6-8,12,15H,2-5,9,14H2,1H3. The van der Waals surface area contributed by atoms with Crippen molar-refractivity contribution in [1.29, 1.82) is 0 Å². The molecule has 1 aromatic rings. The molecular formula is C13H20N2O2S. The molecule has 0 radical (unpaired) electrons. The molecule has 100 valence electrons. The lowest BCUT2D eigenvalue weighted by molar-refractivity contribution is 0.551. The Hall–Kier alpha value is -0.910. The van der Waals surface area contributed by atoms with Gasteiger partial charge in [-0.15, -0.1) is 0 Å². The van der Waals surface area contributed by atoms with E-state index in [4.69, 9.17) is 5.73 Å². The van der Waals surface area contributed by atoms with E-state index in [-0.39, 0.29) is 6.04 Å². The van der Waals surface area contributed by atoms with Crippen molar-refractivity contribution in [1.82, 2.24) is 4.72 Å². The van der Waals surface area contributed by atoms with Crippen LogP contribution in [0, 0.1) is 6.92 Å². The van der Waals surface area contributed by atoms with Crippen LogP contribution in [0.15, 0.2) is 23.1 Å². The van der Waals surface area contributed by atoms with E-state index in [1.54, 1.807) is 6.07 Å². The fraction of sp³-hybridized carbons (Fsp3) is 0.538. The summed E-state index contributed by atoms with van der Waals surface area (Å²) in [6, 6.07) is 5.44. The number of sulfonamides is 1. The van der Waals surface area contributed by atoms with E-state index in [2.05, 4.69) is 4.72 Å². The zero-order valence-corrected chi connectivity index (χ0v) is 11.5. The van der Waals surface area contributed by atoms with Gasteiger partial charge in [0.05, 0.1) is 4.90 Å². The van der Waals surface area contributed by atoms with Gasteiger partial charge in [-0.1, -0.05) is 25.0 Å². The Morgan fingerprint density at radius 3 is 2.61 bits per heavy atom. The Labute approximate surface area is 109 Å². The molecule has 3 N–H and O–H groups in total. The topological polar surface area (TPSA) is 72.2 Å². The first kappa shape index (κ1) is 13.5. The van der Waals surface area contributed by atoms with Gasteiger partial charge in [0.2, 0.25) is 10.0 Å². The number of benzene rings is 1. The summed E-state index contributed by atoms with van der Waals surface area (Å²) in [5, 5.41) is 0. The van der Waals surface area contributed by atoms with Gasteiger partial charge in [0.25, 0.3) is 0 Å². The first-order valence-electron chi connectivity index (χ1n) is 6.35. The largest absolute Gasteiger partial charge is 0.326 e. The minimum Gasteiger partial charge on any atom is -0.326 e. The molecule has 0 amide bonds. The highest BCUT2D eigenvalue weighted by Gasteiger charge is 2.24. The maximum Gasteiger partial charge on any atom is 0.241 e. The highest BCUT2D eigenvalue weighted by atomic mass is 32.2. The number of aryl methyl sites for hydroxylation is 1. The second kappa shape index (κ2) is 5.38. The Kier molecular flexibility index (Phi) is 4.04. The molecule has 2 rings (SSSR count). The molecular weight excluding hydrogens is 248 g/mol. The third kappa shape index (κ3) is 2.91. The lowest BCUT2D eigenvalue weighted by Gasteiger charge is -2.14. The normalized spacial score (nSPS) is 17.2. The van der Waals surface area contributed by atoms with Gasteiger partial charge in [0.1, 0.15) is 0 Å². The summed E-state index contributed by atoms with van der Waals surface area (Å²) >= 11 is 0. The van der Waals surface area contributed by atoms with Crippen LogP contribution in [-0.4, -0.2) is 14.5 Å². The minimum absolute atomic E-state index is 0.0935. The summed E-state index contributed by atoms with van der Waals surface area (Å²) in [6.45, 7) is 2.16. The van der Waals surface area contributed by atoms with Crippen LogP contribution in [0.3, 0.4) is 0 Å². The zero-order chi connectivity index (χ0) is 13.2. The first-order valence-corrected chi connectivity index (χ1v) is 7.83. The van der Waals surface area contributed by atoms with Gasteiger partial charge in [0.15, 0.2) is 0 Å². The van der Waals surface area contributed by atoms with Crippen molar-refractivity contribution in [2.24, 2.45) is 5.73 Å². The van der Waals surface area contributed by atoms with E-state index < -0.39 is 10.0 Å². The molecule has 18 heavy (non-hydrogen) atoms. The van der Waals surface area contributed by atoms with Crippen molar-refractivity contribution in [3.05, 3.63) is 29.3 Å². The van der Waals surface area contributed by atoms with Gasteiger partial charge in [-0.2, -0.15) is 0 Å². The fourth-order valence-electron chi connectivity index (χ4n) is 2.39. The smallest absolute Gasteiger partial charge is 0.241 e. The molecule has 0 bridgehead atoms. The monoisotopic (exact) mass is 268 g/mol. The highest BCUT2D eigenvalue weighted by molar-refractivity contribution is 7.89. The molecule has 0 saturated heterocycles. The van der Waals surface area contributed by atoms with Gasteiger partial charge in [0, 0.05) is 12.6 Å². The third-order valence-corrected chi connectivity index (χ3v) is 5.12. The zero-order valence-electron chi connectivity index (χ0n) is 10.6. The summed E-state index contributed by atoms with van der Waals surface area (Å²) in [4.78, 5) is 0.359. The Morgan fingerprint density at radius 1 is 1.33 bits per heavy atom. The average Bonchev–Trinajstić information content (AvgIpc) is 2.81. The van der Waals surface area contributed by atoms with Gasteiger partial charge < -0.3 is 5.73 Å². The molecule has 1 saturated carbocycles. The van der Waals surface area contributed by atoms with E-state index in [1.807, 2.05) is 19.1 Å².